The molecule has 1 amide bonds. The highest BCUT2D eigenvalue weighted by Crippen LogP contribution is 2.36. The Labute approximate surface area is 126 Å². The van der Waals surface area contributed by atoms with Crippen LogP contribution in [0.1, 0.15) is 5.56 Å². The molecule has 9 heteroatoms. The number of aliphatic carboxylic acids is 1. The topological polar surface area (TPSA) is 69.6 Å². The highest BCUT2D eigenvalue weighted by molar-refractivity contribution is 9.10. The van der Waals surface area contributed by atoms with Gasteiger partial charge in [-0.3, -0.25) is 14.5 Å². The first kappa shape index (κ1) is 17.4. The van der Waals surface area contributed by atoms with Gasteiger partial charge in [-0.1, -0.05) is 15.9 Å². The second-order valence-corrected chi connectivity index (χ2v) is 5.16. The van der Waals surface area contributed by atoms with Gasteiger partial charge >= 0.3 is 12.1 Å². The largest absolute Gasteiger partial charge is 0.480 e. The van der Waals surface area contributed by atoms with E-state index < -0.39 is 23.6 Å². The molecule has 0 saturated carbocycles. The van der Waals surface area contributed by atoms with Crippen LogP contribution in [0.25, 0.3) is 0 Å². The summed E-state index contributed by atoms with van der Waals surface area (Å²) in [5.41, 5.74) is -0.918. The van der Waals surface area contributed by atoms with E-state index in [1.807, 2.05) is 0 Å². The Morgan fingerprint density at radius 2 is 1.95 bits per heavy atom. The van der Waals surface area contributed by atoms with Gasteiger partial charge < -0.3 is 10.4 Å². The number of anilines is 1. The third-order valence-electron chi connectivity index (χ3n) is 2.37. The van der Waals surface area contributed by atoms with Gasteiger partial charge in [-0.2, -0.15) is 13.2 Å². The average Bonchev–Trinajstić information content (AvgIpc) is 2.28. The van der Waals surface area contributed by atoms with Gasteiger partial charge in [0.1, 0.15) is 0 Å². The molecule has 5 nitrogen and oxygen atoms in total. The zero-order chi connectivity index (χ0) is 16.2. The first-order valence-corrected chi connectivity index (χ1v) is 6.46. The Bertz CT molecular complexity index is 549. The van der Waals surface area contributed by atoms with Crippen LogP contribution in [0.4, 0.5) is 18.9 Å². The number of carbonyl (C=O) groups excluding carboxylic acids is 1. The van der Waals surface area contributed by atoms with E-state index >= 15 is 0 Å². The zero-order valence-corrected chi connectivity index (χ0v) is 12.5. The van der Waals surface area contributed by atoms with Crippen molar-refractivity contribution in [3.8, 4) is 0 Å². The highest BCUT2D eigenvalue weighted by atomic mass is 79.9. The van der Waals surface area contributed by atoms with Crippen LogP contribution in [0.3, 0.4) is 0 Å². The van der Waals surface area contributed by atoms with E-state index in [9.17, 15) is 22.8 Å². The Hall–Kier alpha value is -1.61. The maximum absolute atomic E-state index is 12.7. The SMILES string of the molecule is CN(CC(=O)O)CC(=O)Nc1ccc(Br)c(C(F)(F)F)c1. The standard InChI is InChI=1S/C12H12BrF3N2O3/c1-18(6-11(20)21)5-10(19)17-7-2-3-9(13)8(4-7)12(14,15)16/h2-4H,5-6H2,1H3,(H,17,19)(H,20,21). The molecule has 0 aliphatic rings. The van der Waals surface area contributed by atoms with Crippen LogP contribution in [-0.4, -0.2) is 42.0 Å². The molecule has 0 heterocycles. The summed E-state index contributed by atoms with van der Waals surface area (Å²) in [6.07, 6.45) is -4.54. The van der Waals surface area contributed by atoms with Gasteiger partial charge in [0.05, 0.1) is 18.7 Å². The number of benzene rings is 1. The lowest BCUT2D eigenvalue weighted by Crippen LogP contribution is -2.33. The summed E-state index contributed by atoms with van der Waals surface area (Å²) in [7, 11) is 1.41. The number of carboxylic acid groups (broad SMARTS) is 1. The zero-order valence-electron chi connectivity index (χ0n) is 10.9. The number of rotatable bonds is 5. The molecule has 21 heavy (non-hydrogen) atoms. The van der Waals surface area contributed by atoms with Crippen molar-refractivity contribution < 1.29 is 27.9 Å². The minimum absolute atomic E-state index is 0.0146. The third-order valence-corrected chi connectivity index (χ3v) is 3.07. The normalized spacial score (nSPS) is 11.5. The number of carbonyl (C=O) groups is 2. The minimum Gasteiger partial charge on any atom is -0.480 e. The second kappa shape index (κ2) is 6.90. The Balaban J connectivity index is 2.75. The number of hydrogen-bond acceptors (Lipinski definition) is 3. The molecule has 116 valence electrons. The maximum atomic E-state index is 12.7. The summed E-state index contributed by atoms with van der Waals surface area (Å²) in [4.78, 5) is 23.3. The fourth-order valence-electron chi connectivity index (χ4n) is 1.55. The molecule has 0 spiro atoms. The van der Waals surface area contributed by atoms with Crippen LogP contribution >= 0.6 is 15.9 Å². The van der Waals surface area contributed by atoms with Crippen molar-refractivity contribution in [3.63, 3.8) is 0 Å². The Kier molecular flexibility index (Phi) is 5.73. The lowest BCUT2D eigenvalue weighted by molar-refractivity contribution is -0.139. The lowest BCUT2D eigenvalue weighted by Gasteiger charge is -2.15. The smallest absolute Gasteiger partial charge is 0.417 e. The molecule has 1 aromatic rings. The molecule has 0 atom stereocenters. The van der Waals surface area contributed by atoms with E-state index in [2.05, 4.69) is 21.2 Å². The van der Waals surface area contributed by atoms with E-state index in [1.165, 1.54) is 24.1 Å². The average molecular weight is 369 g/mol. The number of likely N-dealkylation sites (N-methyl/N-ethyl adjacent to an activating group) is 1. The van der Waals surface area contributed by atoms with E-state index in [1.54, 1.807) is 0 Å². The molecule has 0 bridgehead atoms. The summed E-state index contributed by atoms with van der Waals surface area (Å²) >= 11 is 2.79. The molecule has 2 N–H and O–H groups in total. The monoisotopic (exact) mass is 368 g/mol. The van der Waals surface area contributed by atoms with Crippen molar-refractivity contribution >= 4 is 33.5 Å². The fourth-order valence-corrected chi connectivity index (χ4v) is 2.02. The number of alkyl halides is 3. The highest BCUT2D eigenvalue weighted by Gasteiger charge is 2.33. The van der Waals surface area contributed by atoms with Crippen LogP contribution in [0, 0.1) is 0 Å². The number of carboxylic acids is 1. The summed E-state index contributed by atoms with van der Waals surface area (Å²) in [6.45, 7) is -0.592. The van der Waals surface area contributed by atoms with Crippen molar-refractivity contribution in [3.05, 3.63) is 28.2 Å². The van der Waals surface area contributed by atoms with Crippen molar-refractivity contribution in [1.82, 2.24) is 4.90 Å². The van der Waals surface area contributed by atoms with Crippen molar-refractivity contribution in [2.45, 2.75) is 6.18 Å². The summed E-state index contributed by atoms with van der Waals surface area (Å²) in [5, 5.41) is 10.8. The quantitative estimate of drug-likeness (QED) is 0.837. The predicted molar refractivity (Wildman–Crippen MR) is 72.9 cm³/mol. The molecule has 1 rings (SSSR count). The number of nitrogens with one attached hydrogen (secondary N) is 1. The van der Waals surface area contributed by atoms with Crippen LogP contribution in [0.5, 0.6) is 0 Å². The van der Waals surface area contributed by atoms with Gasteiger partial charge in [-0.05, 0) is 25.2 Å². The molecule has 0 aliphatic heterocycles. The Morgan fingerprint density at radius 1 is 1.33 bits per heavy atom. The fraction of sp³-hybridized carbons (Fsp3) is 0.333. The molecule has 0 saturated heterocycles. The van der Waals surface area contributed by atoms with Gasteiger partial charge in [0.25, 0.3) is 0 Å². The molecule has 0 radical (unpaired) electrons. The second-order valence-electron chi connectivity index (χ2n) is 4.31. The van der Waals surface area contributed by atoms with Crippen LogP contribution < -0.4 is 5.32 Å². The first-order chi connectivity index (χ1) is 9.59. The molecule has 1 aromatic carbocycles. The van der Waals surface area contributed by atoms with Crippen LogP contribution in [0.15, 0.2) is 22.7 Å². The molecule has 0 aliphatic carbocycles. The number of amides is 1. The molecular weight excluding hydrogens is 357 g/mol. The number of hydrogen-bond donors (Lipinski definition) is 2. The lowest BCUT2D eigenvalue weighted by atomic mass is 10.2. The third kappa shape index (κ3) is 5.72. The molecular formula is C12H12BrF3N2O3. The summed E-state index contributed by atoms with van der Waals surface area (Å²) in [6, 6.07) is 3.30. The number of nitrogens with zero attached hydrogens (tertiary/aromatic N) is 1. The van der Waals surface area contributed by atoms with Crippen molar-refractivity contribution in [2.75, 3.05) is 25.5 Å². The van der Waals surface area contributed by atoms with E-state index in [4.69, 9.17) is 5.11 Å². The molecule has 0 aromatic heterocycles. The van der Waals surface area contributed by atoms with Crippen LogP contribution in [0.2, 0.25) is 0 Å². The molecule has 0 unspecified atom stereocenters. The molecule has 0 fully saturated rings. The van der Waals surface area contributed by atoms with Gasteiger partial charge in [0.15, 0.2) is 0 Å². The maximum Gasteiger partial charge on any atom is 0.417 e. The van der Waals surface area contributed by atoms with Crippen LogP contribution in [-0.2, 0) is 15.8 Å². The van der Waals surface area contributed by atoms with Gasteiger partial charge in [0, 0.05) is 10.2 Å². The van der Waals surface area contributed by atoms with Gasteiger partial charge in [-0.25, -0.2) is 0 Å². The van der Waals surface area contributed by atoms with Gasteiger partial charge in [-0.15, -0.1) is 0 Å². The van der Waals surface area contributed by atoms with E-state index in [0.717, 1.165) is 6.07 Å². The van der Waals surface area contributed by atoms with E-state index in [0.29, 0.717) is 0 Å². The van der Waals surface area contributed by atoms with Crippen molar-refractivity contribution in [2.24, 2.45) is 0 Å². The van der Waals surface area contributed by atoms with Gasteiger partial charge in [0.2, 0.25) is 5.91 Å². The summed E-state index contributed by atoms with van der Waals surface area (Å²) in [5.74, 6) is -1.71. The summed E-state index contributed by atoms with van der Waals surface area (Å²) < 4.78 is 38.0. The Morgan fingerprint density at radius 3 is 2.48 bits per heavy atom. The minimum atomic E-state index is -4.54. The van der Waals surface area contributed by atoms with E-state index in [-0.39, 0.29) is 23.2 Å². The van der Waals surface area contributed by atoms with Crippen molar-refractivity contribution in [1.29, 1.82) is 0 Å². The first-order valence-electron chi connectivity index (χ1n) is 5.66. The predicted octanol–water partition coefficient (Wildman–Crippen LogP) is 2.42. The number of halogens is 4.